The minimum atomic E-state index is -3.78. The van der Waals surface area contributed by atoms with E-state index in [1.54, 1.807) is 24.4 Å². The molecule has 2 aromatic rings. The Balaban J connectivity index is 1.91. The standard InChI is InChI=1S/C20H27BN2O5S/c1-7-17-18(23-29(24,25)16-10-8-15(26-6)9-11-16)12-14(13-22-17)21-27-19(2,3)20(4,5)28-21/h8-13,23H,7H2,1-6H3. The Morgan fingerprint density at radius 2 is 1.69 bits per heavy atom. The fraction of sp³-hybridized carbons (Fsp3) is 0.450. The molecule has 9 heteroatoms. The Hall–Kier alpha value is -2.10. The van der Waals surface area contributed by atoms with Crippen molar-refractivity contribution in [1.82, 2.24) is 4.98 Å². The second-order valence-corrected chi connectivity index (χ2v) is 9.67. The summed E-state index contributed by atoms with van der Waals surface area (Å²) in [4.78, 5) is 4.58. The average molecular weight is 418 g/mol. The van der Waals surface area contributed by atoms with Gasteiger partial charge in [-0.05, 0) is 64.4 Å². The van der Waals surface area contributed by atoms with Gasteiger partial charge in [0.05, 0.1) is 34.6 Å². The zero-order valence-electron chi connectivity index (χ0n) is 17.6. The van der Waals surface area contributed by atoms with E-state index in [1.165, 1.54) is 19.2 Å². The summed E-state index contributed by atoms with van der Waals surface area (Å²) < 4.78 is 45.6. The van der Waals surface area contributed by atoms with Crippen molar-refractivity contribution in [1.29, 1.82) is 0 Å². The molecule has 0 saturated carbocycles. The molecule has 1 aromatic heterocycles. The van der Waals surface area contributed by atoms with Crippen molar-refractivity contribution >= 4 is 28.3 Å². The molecule has 156 valence electrons. The van der Waals surface area contributed by atoms with Crippen molar-refractivity contribution in [2.45, 2.75) is 57.1 Å². The zero-order chi connectivity index (χ0) is 21.4. The maximum Gasteiger partial charge on any atom is 0.496 e. The highest BCUT2D eigenvalue weighted by atomic mass is 32.2. The van der Waals surface area contributed by atoms with Gasteiger partial charge in [-0.2, -0.15) is 0 Å². The van der Waals surface area contributed by atoms with Gasteiger partial charge in [-0.1, -0.05) is 6.92 Å². The Bertz CT molecular complexity index is 974. The van der Waals surface area contributed by atoms with Crippen molar-refractivity contribution in [3.05, 3.63) is 42.2 Å². The van der Waals surface area contributed by atoms with Gasteiger partial charge in [0.1, 0.15) is 5.75 Å². The van der Waals surface area contributed by atoms with E-state index < -0.39 is 28.3 Å². The molecule has 0 unspecified atom stereocenters. The molecule has 1 saturated heterocycles. The lowest BCUT2D eigenvalue weighted by atomic mass is 9.80. The molecule has 0 atom stereocenters. The van der Waals surface area contributed by atoms with Crippen LogP contribution in [-0.2, 0) is 25.8 Å². The summed E-state index contributed by atoms with van der Waals surface area (Å²) in [5, 5.41) is 0. The van der Waals surface area contributed by atoms with E-state index >= 15 is 0 Å². The van der Waals surface area contributed by atoms with Crippen molar-refractivity contribution in [3.8, 4) is 5.75 Å². The second kappa shape index (κ2) is 7.62. The maximum absolute atomic E-state index is 12.9. The number of nitrogens with zero attached hydrogens (tertiary/aromatic N) is 1. The summed E-state index contributed by atoms with van der Waals surface area (Å²) in [6, 6.07) is 7.94. The van der Waals surface area contributed by atoms with Crippen LogP contribution in [0.3, 0.4) is 0 Å². The van der Waals surface area contributed by atoms with Gasteiger partial charge in [0.15, 0.2) is 0 Å². The minimum absolute atomic E-state index is 0.140. The number of aryl methyl sites for hydroxylation is 1. The summed E-state index contributed by atoms with van der Waals surface area (Å²) in [6.07, 6.45) is 2.25. The van der Waals surface area contributed by atoms with Crippen LogP contribution in [0.1, 0.15) is 40.3 Å². The Morgan fingerprint density at radius 1 is 1.10 bits per heavy atom. The molecule has 0 radical (unpaired) electrons. The topological polar surface area (TPSA) is 86.8 Å². The van der Waals surface area contributed by atoms with Gasteiger partial charge < -0.3 is 14.0 Å². The number of nitrogens with one attached hydrogen (secondary N) is 1. The van der Waals surface area contributed by atoms with Crippen LogP contribution in [0, 0.1) is 0 Å². The molecule has 7 nitrogen and oxygen atoms in total. The molecule has 0 bridgehead atoms. The predicted molar refractivity (Wildman–Crippen MR) is 113 cm³/mol. The number of sulfonamides is 1. The smallest absolute Gasteiger partial charge is 0.496 e. The Labute approximate surface area is 173 Å². The maximum atomic E-state index is 12.9. The monoisotopic (exact) mass is 418 g/mol. The summed E-state index contributed by atoms with van der Waals surface area (Å²) in [6.45, 7) is 9.78. The van der Waals surface area contributed by atoms with E-state index in [2.05, 4.69) is 9.71 Å². The first-order valence-electron chi connectivity index (χ1n) is 9.50. The van der Waals surface area contributed by atoms with Crippen LogP contribution < -0.4 is 14.9 Å². The number of methoxy groups -OCH3 is 1. The number of rotatable bonds is 6. The third-order valence-electron chi connectivity index (χ3n) is 5.47. The molecule has 1 N–H and O–H groups in total. The van der Waals surface area contributed by atoms with Crippen molar-refractivity contribution in [3.63, 3.8) is 0 Å². The van der Waals surface area contributed by atoms with E-state index in [9.17, 15) is 8.42 Å². The molecule has 2 heterocycles. The lowest BCUT2D eigenvalue weighted by Crippen LogP contribution is -2.41. The fourth-order valence-electron chi connectivity index (χ4n) is 2.95. The molecule has 29 heavy (non-hydrogen) atoms. The SMILES string of the molecule is CCc1ncc(B2OC(C)(C)C(C)(C)O2)cc1NS(=O)(=O)c1ccc(OC)cc1. The molecule has 0 aliphatic carbocycles. The third-order valence-corrected chi connectivity index (χ3v) is 6.85. The van der Waals surface area contributed by atoms with Crippen LogP contribution in [0.25, 0.3) is 0 Å². The molecule has 1 aromatic carbocycles. The lowest BCUT2D eigenvalue weighted by Gasteiger charge is -2.32. The van der Waals surface area contributed by atoms with Gasteiger partial charge in [0.25, 0.3) is 10.0 Å². The van der Waals surface area contributed by atoms with E-state index in [-0.39, 0.29) is 4.90 Å². The number of anilines is 1. The van der Waals surface area contributed by atoms with Gasteiger partial charge in [-0.25, -0.2) is 8.42 Å². The van der Waals surface area contributed by atoms with Gasteiger partial charge in [0.2, 0.25) is 0 Å². The van der Waals surface area contributed by atoms with Crippen LogP contribution in [0.5, 0.6) is 5.75 Å². The Morgan fingerprint density at radius 3 is 2.21 bits per heavy atom. The number of pyridine rings is 1. The highest BCUT2D eigenvalue weighted by Crippen LogP contribution is 2.36. The van der Waals surface area contributed by atoms with Crippen LogP contribution in [0.4, 0.5) is 5.69 Å². The van der Waals surface area contributed by atoms with E-state index in [4.69, 9.17) is 14.0 Å². The summed E-state index contributed by atoms with van der Waals surface area (Å²) in [5.74, 6) is 0.586. The third kappa shape index (κ3) is 4.27. The minimum Gasteiger partial charge on any atom is -0.497 e. The first-order valence-corrected chi connectivity index (χ1v) is 11.0. The number of aromatic nitrogens is 1. The van der Waals surface area contributed by atoms with Crippen LogP contribution in [-0.4, -0.2) is 38.8 Å². The summed E-state index contributed by atoms with van der Waals surface area (Å²) in [7, 11) is -2.88. The highest BCUT2D eigenvalue weighted by Gasteiger charge is 2.51. The molecule has 1 aliphatic heterocycles. The number of ether oxygens (including phenoxy) is 1. The lowest BCUT2D eigenvalue weighted by molar-refractivity contribution is 0.00578. The van der Waals surface area contributed by atoms with Crippen LogP contribution >= 0.6 is 0 Å². The molecule has 1 fully saturated rings. The van der Waals surface area contributed by atoms with Crippen molar-refractivity contribution < 1.29 is 22.5 Å². The highest BCUT2D eigenvalue weighted by molar-refractivity contribution is 7.92. The van der Waals surface area contributed by atoms with E-state index in [0.29, 0.717) is 29.0 Å². The summed E-state index contributed by atoms with van der Waals surface area (Å²) >= 11 is 0. The van der Waals surface area contributed by atoms with Crippen molar-refractivity contribution in [2.75, 3.05) is 11.8 Å². The van der Waals surface area contributed by atoms with Gasteiger partial charge in [0, 0.05) is 11.7 Å². The van der Waals surface area contributed by atoms with Crippen LogP contribution in [0.2, 0.25) is 0 Å². The molecule has 0 amide bonds. The Kier molecular flexibility index (Phi) is 5.68. The van der Waals surface area contributed by atoms with Gasteiger partial charge in [-0.3, -0.25) is 9.71 Å². The first-order chi connectivity index (χ1) is 13.5. The normalized spacial score (nSPS) is 17.9. The zero-order valence-corrected chi connectivity index (χ0v) is 18.5. The van der Waals surface area contributed by atoms with Crippen LogP contribution in [0.15, 0.2) is 41.4 Å². The molecular formula is C20H27BN2O5S. The number of hydrogen-bond acceptors (Lipinski definition) is 6. The quantitative estimate of drug-likeness (QED) is 0.726. The van der Waals surface area contributed by atoms with E-state index in [1.807, 2.05) is 34.6 Å². The number of benzene rings is 1. The van der Waals surface area contributed by atoms with Gasteiger partial charge >= 0.3 is 7.12 Å². The molecule has 3 rings (SSSR count). The fourth-order valence-corrected chi connectivity index (χ4v) is 4.02. The molecular weight excluding hydrogens is 391 g/mol. The average Bonchev–Trinajstić information content (AvgIpc) is 2.89. The van der Waals surface area contributed by atoms with Gasteiger partial charge in [-0.15, -0.1) is 0 Å². The first kappa shape index (κ1) is 21.6. The summed E-state index contributed by atoms with van der Waals surface area (Å²) in [5.41, 5.74) is 0.722. The molecule has 0 spiro atoms. The molecule has 1 aliphatic rings. The van der Waals surface area contributed by atoms with Crippen molar-refractivity contribution in [2.24, 2.45) is 0 Å². The largest absolute Gasteiger partial charge is 0.497 e. The predicted octanol–water partition coefficient (Wildman–Crippen LogP) is 2.75. The van der Waals surface area contributed by atoms with E-state index in [0.717, 1.165) is 0 Å². The second-order valence-electron chi connectivity index (χ2n) is 7.99. The number of hydrogen-bond donors (Lipinski definition) is 1.